The van der Waals surface area contributed by atoms with Gasteiger partial charge in [0.15, 0.2) is 0 Å². The third-order valence-corrected chi connectivity index (χ3v) is 3.77. The van der Waals surface area contributed by atoms with Crippen LogP contribution in [0.3, 0.4) is 0 Å². The molecule has 0 aromatic carbocycles. The fourth-order valence-corrected chi connectivity index (χ4v) is 2.42. The second-order valence-electron chi connectivity index (χ2n) is 4.73. The van der Waals surface area contributed by atoms with Crippen LogP contribution in [0.1, 0.15) is 42.6 Å². The van der Waals surface area contributed by atoms with Gasteiger partial charge < -0.3 is 9.73 Å². The first-order valence-corrected chi connectivity index (χ1v) is 7.32. The van der Waals surface area contributed by atoms with Gasteiger partial charge in [0.25, 0.3) is 0 Å². The Bertz CT molecular complexity index is 569. The fraction of sp³-hybridized carbons (Fsp3) is 0.571. The molecule has 0 radical (unpaired) electrons. The molecule has 5 nitrogen and oxygen atoms in total. The van der Waals surface area contributed by atoms with Crippen LogP contribution < -0.4 is 5.32 Å². The standard InChI is InChI=1S/C14H21ClN4O/c1-5-11-14(15)12(19(6-2)18-11)7-16-8-13-17-9(3)10(4)20-13/h16H,5-8H2,1-4H3. The third kappa shape index (κ3) is 3.04. The van der Waals surface area contributed by atoms with E-state index in [2.05, 4.69) is 29.2 Å². The molecule has 6 heteroatoms. The molecule has 0 aliphatic rings. The second kappa shape index (κ2) is 6.41. The smallest absolute Gasteiger partial charge is 0.208 e. The summed E-state index contributed by atoms with van der Waals surface area (Å²) in [6.07, 6.45) is 0.844. The minimum Gasteiger partial charge on any atom is -0.444 e. The first-order valence-electron chi connectivity index (χ1n) is 6.94. The molecular formula is C14H21ClN4O. The minimum absolute atomic E-state index is 0.585. The SMILES string of the molecule is CCc1nn(CC)c(CNCc2nc(C)c(C)o2)c1Cl. The molecule has 20 heavy (non-hydrogen) atoms. The number of rotatable bonds is 6. The van der Waals surface area contributed by atoms with Crippen LogP contribution in [0, 0.1) is 13.8 Å². The van der Waals surface area contributed by atoms with Gasteiger partial charge in [0.1, 0.15) is 5.76 Å². The molecule has 2 aromatic rings. The quantitative estimate of drug-likeness (QED) is 0.890. The summed E-state index contributed by atoms with van der Waals surface area (Å²) < 4.78 is 7.48. The molecule has 0 bridgehead atoms. The largest absolute Gasteiger partial charge is 0.444 e. The fourth-order valence-electron chi connectivity index (χ4n) is 2.09. The summed E-state index contributed by atoms with van der Waals surface area (Å²) in [5, 5.41) is 8.57. The molecule has 2 aromatic heterocycles. The molecule has 0 saturated heterocycles. The highest BCUT2D eigenvalue weighted by Crippen LogP contribution is 2.21. The lowest BCUT2D eigenvalue weighted by Crippen LogP contribution is -2.16. The lowest BCUT2D eigenvalue weighted by molar-refractivity contribution is 0.445. The van der Waals surface area contributed by atoms with E-state index < -0.39 is 0 Å². The lowest BCUT2D eigenvalue weighted by Gasteiger charge is -2.05. The van der Waals surface area contributed by atoms with Gasteiger partial charge in [-0.3, -0.25) is 4.68 Å². The topological polar surface area (TPSA) is 55.9 Å². The zero-order chi connectivity index (χ0) is 14.7. The van der Waals surface area contributed by atoms with Crippen LogP contribution in [0.4, 0.5) is 0 Å². The Morgan fingerprint density at radius 2 is 2.00 bits per heavy atom. The maximum absolute atomic E-state index is 6.36. The summed E-state index contributed by atoms with van der Waals surface area (Å²) in [4.78, 5) is 4.34. The van der Waals surface area contributed by atoms with Gasteiger partial charge >= 0.3 is 0 Å². The summed E-state index contributed by atoms with van der Waals surface area (Å²) in [5.41, 5.74) is 2.91. The van der Waals surface area contributed by atoms with Crippen LogP contribution in [-0.2, 0) is 26.1 Å². The third-order valence-electron chi connectivity index (χ3n) is 3.34. The summed E-state index contributed by atoms with van der Waals surface area (Å²) in [5.74, 6) is 1.57. The van der Waals surface area contributed by atoms with Crippen molar-refractivity contribution >= 4 is 11.6 Å². The van der Waals surface area contributed by atoms with Crippen LogP contribution in [0.15, 0.2) is 4.42 Å². The van der Waals surface area contributed by atoms with E-state index in [1.165, 1.54) is 0 Å². The minimum atomic E-state index is 0.585. The number of aromatic nitrogens is 3. The molecule has 0 aliphatic heterocycles. The Labute approximate surface area is 124 Å². The van der Waals surface area contributed by atoms with Gasteiger partial charge in [-0.2, -0.15) is 5.10 Å². The molecule has 110 valence electrons. The van der Waals surface area contributed by atoms with E-state index >= 15 is 0 Å². The van der Waals surface area contributed by atoms with E-state index in [4.69, 9.17) is 16.0 Å². The molecule has 0 amide bonds. The van der Waals surface area contributed by atoms with E-state index in [-0.39, 0.29) is 0 Å². The number of halogens is 1. The van der Waals surface area contributed by atoms with E-state index in [0.29, 0.717) is 19.0 Å². The molecule has 0 unspecified atom stereocenters. The van der Waals surface area contributed by atoms with Crippen LogP contribution >= 0.6 is 11.6 Å². The molecule has 0 atom stereocenters. The Morgan fingerprint density at radius 1 is 1.25 bits per heavy atom. The molecule has 0 fully saturated rings. The highest BCUT2D eigenvalue weighted by molar-refractivity contribution is 6.31. The molecule has 2 rings (SSSR count). The monoisotopic (exact) mass is 296 g/mol. The van der Waals surface area contributed by atoms with Crippen molar-refractivity contribution in [1.29, 1.82) is 0 Å². The number of aryl methyl sites for hydroxylation is 4. The molecule has 1 N–H and O–H groups in total. The van der Waals surface area contributed by atoms with Crippen molar-refractivity contribution < 1.29 is 4.42 Å². The maximum Gasteiger partial charge on any atom is 0.208 e. The average Bonchev–Trinajstić information content (AvgIpc) is 2.91. The van der Waals surface area contributed by atoms with Crippen LogP contribution in [-0.4, -0.2) is 14.8 Å². The Balaban J connectivity index is 2.02. The molecule has 2 heterocycles. The van der Waals surface area contributed by atoms with Gasteiger partial charge in [0.05, 0.1) is 28.6 Å². The normalized spacial score (nSPS) is 11.2. The molecular weight excluding hydrogens is 276 g/mol. The zero-order valence-corrected chi connectivity index (χ0v) is 13.2. The van der Waals surface area contributed by atoms with Crippen LogP contribution in [0.25, 0.3) is 0 Å². The van der Waals surface area contributed by atoms with E-state index in [0.717, 1.165) is 40.8 Å². The van der Waals surface area contributed by atoms with Gasteiger partial charge in [-0.15, -0.1) is 0 Å². The van der Waals surface area contributed by atoms with E-state index in [9.17, 15) is 0 Å². The zero-order valence-electron chi connectivity index (χ0n) is 12.5. The van der Waals surface area contributed by atoms with E-state index in [1.54, 1.807) is 0 Å². The highest BCUT2D eigenvalue weighted by Gasteiger charge is 2.14. The predicted octanol–water partition coefficient (Wildman–Crippen LogP) is 3.01. The number of oxazole rings is 1. The highest BCUT2D eigenvalue weighted by atomic mass is 35.5. The summed E-state index contributed by atoms with van der Waals surface area (Å²) >= 11 is 6.36. The lowest BCUT2D eigenvalue weighted by atomic mass is 10.3. The molecule has 0 spiro atoms. The summed E-state index contributed by atoms with van der Waals surface area (Å²) in [6, 6.07) is 0. The van der Waals surface area contributed by atoms with Gasteiger partial charge in [0, 0.05) is 13.1 Å². The first-order chi connectivity index (χ1) is 9.56. The Kier molecular flexibility index (Phi) is 4.83. The summed E-state index contributed by atoms with van der Waals surface area (Å²) in [6.45, 7) is 10.0. The van der Waals surface area contributed by atoms with Crippen molar-refractivity contribution in [3.05, 3.63) is 33.8 Å². The van der Waals surface area contributed by atoms with Crippen molar-refractivity contribution in [2.24, 2.45) is 0 Å². The van der Waals surface area contributed by atoms with Crippen molar-refractivity contribution in [2.45, 2.75) is 53.8 Å². The Hall–Kier alpha value is -1.33. The van der Waals surface area contributed by atoms with Crippen LogP contribution in [0.5, 0.6) is 0 Å². The second-order valence-corrected chi connectivity index (χ2v) is 5.11. The van der Waals surface area contributed by atoms with Crippen molar-refractivity contribution in [2.75, 3.05) is 0 Å². The number of nitrogens with one attached hydrogen (secondary N) is 1. The van der Waals surface area contributed by atoms with Gasteiger partial charge in [-0.1, -0.05) is 18.5 Å². The van der Waals surface area contributed by atoms with Gasteiger partial charge in [0.2, 0.25) is 5.89 Å². The average molecular weight is 297 g/mol. The number of nitrogens with zero attached hydrogens (tertiary/aromatic N) is 3. The van der Waals surface area contributed by atoms with Crippen molar-refractivity contribution in [1.82, 2.24) is 20.1 Å². The molecule has 0 saturated carbocycles. The number of hydrogen-bond donors (Lipinski definition) is 1. The Morgan fingerprint density at radius 3 is 2.55 bits per heavy atom. The summed E-state index contributed by atoms with van der Waals surface area (Å²) in [7, 11) is 0. The van der Waals surface area contributed by atoms with E-state index in [1.807, 2.05) is 18.5 Å². The van der Waals surface area contributed by atoms with Crippen molar-refractivity contribution in [3.63, 3.8) is 0 Å². The van der Waals surface area contributed by atoms with Gasteiger partial charge in [-0.25, -0.2) is 4.98 Å². The first kappa shape index (κ1) is 15.1. The van der Waals surface area contributed by atoms with Gasteiger partial charge in [-0.05, 0) is 27.2 Å². The maximum atomic E-state index is 6.36. The number of hydrogen-bond acceptors (Lipinski definition) is 4. The predicted molar refractivity (Wildman–Crippen MR) is 78.8 cm³/mol. The molecule has 0 aliphatic carbocycles. The van der Waals surface area contributed by atoms with Crippen LogP contribution in [0.2, 0.25) is 5.02 Å². The van der Waals surface area contributed by atoms with Crippen molar-refractivity contribution in [3.8, 4) is 0 Å².